The van der Waals surface area contributed by atoms with Gasteiger partial charge in [0, 0.05) is 11.1 Å². The van der Waals surface area contributed by atoms with E-state index in [2.05, 4.69) is 17.5 Å². The van der Waals surface area contributed by atoms with E-state index < -0.39 is 17.3 Å². The van der Waals surface area contributed by atoms with Crippen LogP contribution in [0.25, 0.3) is 0 Å². The zero-order valence-corrected chi connectivity index (χ0v) is 8.88. The molecule has 0 radical (unpaired) electrons. The molecule has 6 heteroatoms. The average molecular weight is 236 g/mol. The van der Waals surface area contributed by atoms with E-state index in [-0.39, 0.29) is 16.2 Å². The Bertz CT molecular complexity index is 478. The third-order valence-electron chi connectivity index (χ3n) is 2.38. The number of nitrogens with two attached hydrogens (primary N) is 1. The third kappa shape index (κ3) is 1.31. The number of rotatable bonds is 1. The molecule has 0 unspecified atom stereocenters. The van der Waals surface area contributed by atoms with Crippen molar-refractivity contribution in [1.29, 1.82) is 0 Å². The van der Waals surface area contributed by atoms with Crippen LogP contribution >= 0.6 is 12.2 Å². The van der Waals surface area contributed by atoms with Crippen molar-refractivity contribution in [2.24, 2.45) is 5.73 Å². The maximum Gasteiger partial charge on any atom is 0.267 e. The zero-order valence-electron chi connectivity index (χ0n) is 8.06. The molecular formula is C10H8N2O3S. The molecule has 1 aliphatic carbocycles. The molecular weight excluding hydrogens is 228 g/mol. The van der Waals surface area contributed by atoms with E-state index in [1.54, 1.807) is 12.1 Å². The van der Waals surface area contributed by atoms with E-state index in [9.17, 15) is 14.7 Å². The maximum absolute atomic E-state index is 11.8. The summed E-state index contributed by atoms with van der Waals surface area (Å²) in [4.78, 5) is 23.6. The fourth-order valence-corrected chi connectivity index (χ4v) is 1.81. The van der Waals surface area contributed by atoms with E-state index in [4.69, 9.17) is 5.73 Å². The summed E-state index contributed by atoms with van der Waals surface area (Å²) in [6.45, 7) is 0. The summed E-state index contributed by atoms with van der Waals surface area (Å²) in [6.07, 6.45) is 0. The summed E-state index contributed by atoms with van der Waals surface area (Å²) in [5.74, 6) is -1.47. The normalized spacial score (nSPS) is 17.1. The van der Waals surface area contributed by atoms with Gasteiger partial charge in [-0.2, -0.15) is 0 Å². The predicted molar refractivity (Wildman–Crippen MR) is 60.0 cm³/mol. The van der Waals surface area contributed by atoms with E-state index in [0.717, 1.165) is 0 Å². The first-order valence-electron chi connectivity index (χ1n) is 4.45. The highest BCUT2D eigenvalue weighted by atomic mass is 32.1. The molecule has 82 valence electrons. The average Bonchev–Trinajstić information content (AvgIpc) is 2.42. The minimum atomic E-state index is -2.35. The summed E-state index contributed by atoms with van der Waals surface area (Å²) >= 11 is 4.52. The summed E-state index contributed by atoms with van der Waals surface area (Å²) in [7, 11) is 0. The number of aliphatic hydroxyl groups is 1. The lowest BCUT2D eigenvalue weighted by Gasteiger charge is -2.20. The van der Waals surface area contributed by atoms with Crippen molar-refractivity contribution >= 4 is 28.9 Å². The number of fused-ring (bicyclic) bond motifs is 1. The lowest BCUT2D eigenvalue weighted by molar-refractivity contribution is 0.0279. The topological polar surface area (TPSA) is 92.4 Å². The van der Waals surface area contributed by atoms with Crippen molar-refractivity contribution < 1.29 is 14.7 Å². The number of thiocarbonyl (C=S) groups is 1. The molecule has 0 bridgehead atoms. The fraction of sp³-hybridized carbons (Fsp3) is 0.100. The lowest BCUT2D eigenvalue weighted by Crippen LogP contribution is -2.58. The van der Waals surface area contributed by atoms with Gasteiger partial charge in [0.05, 0.1) is 0 Å². The van der Waals surface area contributed by atoms with Gasteiger partial charge < -0.3 is 16.2 Å². The summed E-state index contributed by atoms with van der Waals surface area (Å²) in [6, 6.07) is 6.15. The van der Waals surface area contributed by atoms with Gasteiger partial charge in [-0.15, -0.1) is 0 Å². The van der Waals surface area contributed by atoms with Gasteiger partial charge >= 0.3 is 0 Å². The molecule has 0 spiro atoms. The van der Waals surface area contributed by atoms with Crippen LogP contribution in [0.5, 0.6) is 0 Å². The second-order valence-corrected chi connectivity index (χ2v) is 3.84. The Balaban J connectivity index is 2.53. The first-order valence-corrected chi connectivity index (χ1v) is 4.86. The first-order chi connectivity index (χ1) is 7.47. The van der Waals surface area contributed by atoms with Crippen LogP contribution in [0.2, 0.25) is 0 Å². The standard InChI is InChI=1S/C10H8N2O3S/c11-9(16)12-10(15)7(13)5-3-1-2-4-6(5)8(10)14/h1-4,15H,(H3,11,12,16). The Morgan fingerprint density at radius 2 is 1.69 bits per heavy atom. The van der Waals surface area contributed by atoms with Crippen LogP contribution in [0.3, 0.4) is 0 Å². The van der Waals surface area contributed by atoms with Gasteiger partial charge in [-0.1, -0.05) is 24.3 Å². The van der Waals surface area contributed by atoms with E-state index in [1.807, 2.05) is 0 Å². The molecule has 4 N–H and O–H groups in total. The van der Waals surface area contributed by atoms with Gasteiger partial charge in [0.2, 0.25) is 11.6 Å². The third-order valence-corrected chi connectivity index (χ3v) is 2.48. The molecule has 1 aromatic rings. The molecule has 0 amide bonds. The smallest absolute Gasteiger partial charge is 0.267 e. The van der Waals surface area contributed by atoms with Crippen molar-refractivity contribution in [2.45, 2.75) is 5.72 Å². The monoisotopic (exact) mass is 236 g/mol. The van der Waals surface area contributed by atoms with Crippen LogP contribution in [-0.4, -0.2) is 27.5 Å². The predicted octanol–water partition coefficient (Wildman–Crippen LogP) is -0.413. The summed E-state index contributed by atoms with van der Waals surface area (Å²) < 4.78 is 0. The second-order valence-electron chi connectivity index (χ2n) is 3.40. The highest BCUT2D eigenvalue weighted by Crippen LogP contribution is 2.27. The lowest BCUT2D eigenvalue weighted by atomic mass is 10.1. The Labute approximate surface area is 96.3 Å². The van der Waals surface area contributed by atoms with Crippen LogP contribution in [0.15, 0.2) is 24.3 Å². The van der Waals surface area contributed by atoms with E-state index in [0.29, 0.717) is 0 Å². The molecule has 0 fully saturated rings. The molecule has 1 aromatic carbocycles. The van der Waals surface area contributed by atoms with Gasteiger partial charge in [-0.25, -0.2) is 0 Å². The molecule has 0 saturated heterocycles. The molecule has 0 aliphatic heterocycles. The summed E-state index contributed by atoms with van der Waals surface area (Å²) in [5, 5.41) is 11.8. The highest BCUT2D eigenvalue weighted by molar-refractivity contribution is 7.80. The highest BCUT2D eigenvalue weighted by Gasteiger charge is 2.52. The second kappa shape index (κ2) is 3.36. The number of ketones is 2. The van der Waals surface area contributed by atoms with Crippen LogP contribution in [0, 0.1) is 0 Å². The number of carbonyl (C=O) groups is 2. The van der Waals surface area contributed by atoms with Crippen molar-refractivity contribution in [3.63, 3.8) is 0 Å². The number of hydrogen-bond acceptors (Lipinski definition) is 4. The largest absolute Gasteiger partial charge is 0.376 e. The van der Waals surface area contributed by atoms with Crippen LogP contribution in [-0.2, 0) is 0 Å². The SMILES string of the molecule is NC(=S)NC1(O)C(=O)c2ccccc2C1=O. The van der Waals surface area contributed by atoms with Crippen molar-refractivity contribution in [3.05, 3.63) is 35.4 Å². The fourth-order valence-electron chi connectivity index (χ4n) is 1.66. The van der Waals surface area contributed by atoms with Gasteiger partial charge in [-0.05, 0) is 12.2 Å². The number of benzene rings is 1. The van der Waals surface area contributed by atoms with Gasteiger partial charge in [0.15, 0.2) is 5.11 Å². The Kier molecular flexibility index (Phi) is 2.25. The minimum absolute atomic E-state index is 0.166. The number of nitrogens with one attached hydrogen (secondary N) is 1. The number of carbonyl (C=O) groups excluding carboxylic acids is 2. The van der Waals surface area contributed by atoms with Gasteiger partial charge in [-0.3, -0.25) is 9.59 Å². The number of Topliss-reactive ketones (excluding diaryl/α,β-unsaturated/α-hetero) is 2. The Morgan fingerprint density at radius 1 is 1.25 bits per heavy atom. The van der Waals surface area contributed by atoms with Crippen molar-refractivity contribution in [1.82, 2.24) is 5.32 Å². The maximum atomic E-state index is 11.8. The molecule has 5 nitrogen and oxygen atoms in total. The van der Waals surface area contributed by atoms with Crippen LogP contribution < -0.4 is 11.1 Å². The molecule has 1 aliphatic rings. The molecule has 0 aromatic heterocycles. The van der Waals surface area contributed by atoms with E-state index >= 15 is 0 Å². The van der Waals surface area contributed by atoms with Crippen LogP contribution in [0.1, 0.15) is 20.7 Å². The summed E-state index contributed by atoms with van der Waals surface area (Å²) in [5.41, 5.74) is 3.15. The first kappa shape index (κ1) is 10.7. The Hall–Kier alpha value is -1.79. The molecule has 0 heterocycles. The number of hydrogen-bond donors (Lipinski definition) is 3. The quantitative estimate of drug-likeness (QED) is 0.349. The van der Waals surface area contributed by atoms with Gasteiger partial charge in [0.25, 0.3) is 5.72 Å². The molecule has 0 atom stereocenters. The molecule has 2 rings (SSSR count). The van der Waals surface area contributed by atoms with Crippen LogP contribution in [0.4, 0.5) is 0 Å². The van der Waals surface area contributed by atoms with E-state index in [1.165, 1.54) is 12.1 Å². The Morgan fingerprint density at radius 3 is 2.06 bits per heavy atom. The van der Waals surface area contributed by atoms with Crippen molar-refractivity contribution in [2.75, 3.05) is 0 Å². The zero-order chi connectivity index (χ0) is 11.9. The minimum Gasteiger partial charge on any atom is -0.376 e. The van der Waals surface area contributed by atoms with Crippen molar-refractivity contribution in [3.8, 4) is 0 Å². The molecule has 16 heavy (non-hydrogen) atoms. The molecule has 0 saturated carbocycles. The van der Waals surface area contributed by atoms with Gasteiger partial charge in [0.1, 0.15) is 0 Å².